The van der Waals surface area contributed by atoms with E-state index < -0.39 is 0 Å². The van der Waals surface area contributed by atoms with Gasteiger partial charge in [-0.25, -0.2) is 4.98 Å². The monoisotopic (exact) mass is 229 g/mol. The minimum Gasteiger partial charge on any atom is -0.380 e. The van der Waals surface area contributed by atoms with Crippen LogP contribution < -0.4 is 5.32 Å². The molecule has 16 heavy (non-hydrogen) atoms. The lowest BCUT2D eigenvalue weighted by Gasteiger charge is -2.05. The molecule has 0 aliphatic rings. The van der Waals surface area contributed by atoms with E-state index in [1.807, 2.05) is 12.1 Å². The average molecular weight is 229 g/mol. The molecule has 0 amide bonds. The number of rotatable bonds is 3. The maximum Gasteiger partial charge on any atom is 0.140 e. The zero-order valence-corrected chi connectivity index (χ0v) is 9.71. The first-order valence-electron chi connectivity index (χ1n) is 4.91. The van der Waals surface area contributed by atoms with Crippen molar-refractivity contribution in [3.63, 3.8) is 0 Å². The molecule has 0 atom stereocenters. The van der Waals surface area contributed by atoms with Crippen molar-refractivity contribution in [1.82, 2.24) is 4.98 Å². The van der Waals surface area contributed by atoms with E-state index in [-0.39, 0.29) is 0 Å². The van der Waals surface area contributed by atoms with Crippen molar-refractivity contribution in [2.75, 3.05) is 5.32 Å². The maximum atomic E-state index is 8.61. The van der Waals surface area contributed by atoms with Gasteiger partial charge < -0.3 is 5.32 Å². The maximum absolute atomic E-state index is 8.61. The largest absolute Gasteiger partial charge is 0.380 e. The Morgan fingerprint density at radius 2 is 2.31 bits per heavy atom. The lowest BCUT2D eigenvalue weighted by Crippen LogP contribution is -2.00. The van der Waals surface area contributed by atoms with Crippen molar-refractivity contribution >= 4 is 17.0 Å². The number of hydrogen-bond donors (Lipinski definition) is 1. The van der Waals surface area contributed by atoms with Crippen LogP contribution in [0, 0.1) is 18.3 Å². The van der Waals surface area contributed by atoms with Gasteiger partial charge in [0.05, 0.1) is 11.9 Å². The molecule has 0 aliphatic heterocycles. The Kier molecular flexibility index (Phi) is 3.18. The summed E-state index contributed by atoms with van der Waals surface area (Å²) >= 11 is 1.71. The van der Waals surface area contributed by atoms with Crippen molar-refractivity contribution in [3.8, 4) is 6.07 Å². The molecule has 80 valence electrons. The quantitative estimate of drug-likeness (QED) is 0.880. The van der Waals surface area contributed by atoms with Crippen LogP contribution in [0.3, 0.4) is 0 Å². The Balaban J connectivity index is 2.00. The van der Waals surface area contributed by atoms with Crippen LogP contribution in [-0.2, 0) is 6.54 Å². The second-order valence-electron chi connectivity index (χ2n) is 3.48. The van der Waals surface area contributed by atoms with E-state index in [0.717, 1.165) is 12.2 Å². The normalized spacial score (nSPS) is 9.75. The summed E-state index contributed by atoms with van der Waals surface area (Å²) in [5.41, 5.74) is 3.98. The summed E-state index contributed by atoms with van der Waals surface area (Å²) in [4.78, 5) is 4.00. The Labute approximate surface area is 98.4 Å². The van der Waals surface area contributed by atoms with Crippen molar-refractivity contribution in [1.29, 1.82) is 5.26 Å². The molecule has 1 N–H and O–H groups in total. The summed E-state index contributed by atoms with van der Waals surface area (Å²) in [5.74, 6) is 0. The first kappa shape index (κ1) is 10.7. The predicted octanol–water partition coefficient (Wildman–Crippen LogP) is 2.94. The Bertz CT molecular complexity index is 508. The Morgan fingerprint density at radius 3 is 2.88 bits per heavy atom. The predicted molar refractivity (Wildman–Crippen MR) is 65.3 cm³/mol. The summed E-state index contributed by atoms with van der Waals surface area (Å²) in [7, 11) is 0. The minimum absolute atomic E-state index is 0.442. The second-order valence-corrected chi connectivity index (χ2v) is 4.22. The van der Waals surface area contributed by atoms with Gasteiger partial charge >= 0.3 is 0 Å². The number of anilines is 1. The number of nitrogens with zero attached hydrogens (tertiary/aromatic N) is 2. The van der Waals surface area contributed by atoms with Gasteiger partial charge in [-0.15, -0.1) is 0 Å². The van der Waals surface area contributed by atoms with E-state index in [1.165, 1.54) is 11.1 Å². The second kappa shape index (κ2) is 4.77. The third-order valence-electron chi connectivity index (χ3n) is 2.32. The number of nitriles is 1. The number of aromatic nitrogens is 1. The van der Waals surface area contributed by atoms with Gasteiger partial charge in [0.15, 0.2) is 0 Å². The molecule has 0 radical (unpaired) electrons. The fourth-order valence-corrected chi connectivity index (χ4v) is 2.19. The highest BCUT2D eigenvalue weighted by Gasteiger charge is 1.99. The van der Waals surface area contributed by atoms with Gasteiger partial charge in [-0.05, 0) is 40.9 Å². The van der Waals surface area contributed by atoms with Gasteiger partial charge in [-0.3, -0.25) is 0 Å². The van der Waals surface area contributed by atoms with Crippen LogP contribution in [0.25, 0.3) is 0 Å². The molecule has 0 bridgehead atoms. The molecule has 0 saturated carbocycles. The molecule has 0 saturated heterocycles. The van der Waals surface area contributed by atoms with Crippen molar-refractivity contribution in [3.05, 3.63) is 45.9 Å². The van der Waals surface area contributed by atoms with Gasteiger partial charge in [0.2, 0.25) is 0 Å². The third kappa shape index (κ3) is 2.38. The van der Waals surface area contributed by atoms with Gasteiger partial charge in [-0.1, -0.05) is 0 Å². The standard InChI is InChI=1S/C12H11N3S/c1-9-7-16-8-10(9)5-14-12-3-2-11(4-13)15-6-12/h2-3,6-8,14H,5H2,1H3. The average Bonchev–Trinajstić information content (AvgIpc) is 2.73. The lowest BCUT2D eigenvalue weighted by atomic mass is 10.2. The van der Waals surface area contributed by atoms with Gasteiger partial charge in [0.1, 0.15) is 11.8 Å². The fourth-order valence-electron chi connectivity index (χ4n) is 1.33. The molecule has 2 rings (SSSR count). The molecule has 0 aromatic carbocycles. The van der Waals surface area contributed by atoms with Crippen LogP contribution in [0.5, 0.6) is 0 Å². The zero-order chi connectivity index (χ0) is 11.4. The molecule has 2 heterocycles. The molecule has 3 nitrogen and oxygen atoms in total. The van der Waals surface area contributed by atoms with E-state index in [4.69, 9.17) is 5.26 Å². The van der Waals surface area contributed by atoms with Crippen LogP contribution in [0.15, 0.2) is 29.1 Å². The van der Waals surface area contributed by atoms with E-state index in [2.05, 4.69) is 28.0 Å². The van der Waals surface area contributed by atoms with Crippen LogP contribution in [0.1, 0.15) is 16.8 Å². The van der Waals surface area contributed by atoms with E-state index in [1.54, 1.807) is 23.6 Å². The van der Waals surface area contributed by atoms with Gasteiger partial charge in [-0.2, -0.15) is 16.6 Å². The van der Waals surface area contributed by atoms with E-state index in [0.29, 0.717) is 5.69 Å². The topological polar surface area (TPSA) is 48.7 Å². The smallest absolute Gasteiger partial charge is 0.140 e. The molecule has 0 spiro atoms. The van der Waals surface area contributed by atoms with E-state index in [9.17, 15) is 0 Å². The van der Waals surface area contributed by atoms with Crippen LogP contribution >= 0.6 is 11.3 Å². The van der Waals surface area contributed by atoms with Crippen molar-refractivity contribution in [2.24, 2.45) is 0 Å². The van der Waals surface area contributed by atoms with Gasteiger partial charge in [0.25, 0.3) is 0 Å². The SMILES string of the molecule is Cc1cscc1CNc1ccc(C#N)nc1. The molecule has 4 heteroatoms. The summed E-state index contributed by atoms with van der Waals surface area (Å²) in [6.07, 6.45) is 1.68. The number of pyridine rings is 1. The third-order valence-corrected chi connectivity index (χ3v) is 3.23. The minimum atomic E-state index is 0.442. The Hall–Kier alpha value is -1.86. The Morgan fingerprint density at radius 1 is 1.44 bits per heavy atom. The fraction of sp³-hybridized carbons (Fsp3) is 0.167. The number of aryl methyl sites for hydroxylation is 1. The van der Waals surface area contributed by atoms with Crippen LogP contribution in [0.2, 0.25) is 0 Å². The first-order valence-corrected chi connectivity index (χ1v) is 5.85. The summed E-state index contributed by atoms with van der Waals surface area (Å²) < 4.78 is 0. The molecule has 0 aliphatic carbocycles. The molecule has 2 aromatic rings. The van der Waals surface area contributed by atoms with Crippen LogP contribution in [-0.4, -0.2) is 4.98 Å². The summed E-state index contributed by atoms with van der Waals surface area (Å²) in [5, 5.41) is 16.2. The highest BCUT2D eigenvalue weighted by molar-refractivity contribution is 7.08. The van der Waals surface area contributed by atoms with Gasteiger partial charge in [0, 0.05) is 6.54 Å². The summed E-state index contributed by atoms with van der Waals surface area (Å²) in [6.45, 7) is 2.90. The molecule has 0 fully saturated rings. The molecule has 0 unspecified atom stereocenters. The number of thiophene rings is 1. The van der Waals surface area contributed by atoms with Crippen molar-refractivity contribution < 1.29 is 0 Å². The zero-order valence-electron chi connectivity index (χ0n) is 8.90. The molecular weight excluding hydrogens is 218 g/mol. The summed E-state index contributed by atoms with van der Waals surface area (Å²) in [6, 6.07) is 5.58. The molecular formula is C12H11N3S. The van der Waals surface area contributed by atoms with Crippen molar-refractivity contribution in [2.45, 2.75) is 13.5 Å². The number of nitrogens with one attached hydrogen (secondary N) is 1. The lowest BCUT2D eigenvalue weighted by molar-refractivity contribution is 1.12. The van der Waals surface area contributed by atoms with Crippen LogP contribution in [0.4, 0.5) is 5.69 Å². The highest BCUT2D eigenvalue weighted by atomic mass is 32.1. The van der Waals surface area contributed by atoms with E-state index >= 15 is 0 Å². The number of hydrogen-bond acceptors (Lipinski definition) is 4. The highest BCUT2D eigenvalue weighted by Crippen LogP contribution is 2.15. The first-order chi connectivity index (χ1) is 7.79. The molecule has 2 aromatic heterocycles.